The van der Waals surface area contributed by atoms with Crippen molar-refractivity contribution in [3.8, 4) is 0 Å². The lowest BCUT2D eigenvalue weighted by atomic mass is 9.73. The highest BCUT2D eigenvalue weighted by molar-refractivity contribution is 6.32. The third-order valence-electron chi connectivity index (χ3n) is 2.60. The van der Waals surface area contributed by atoms with E-state index in [1.807, 2.05) is 6.07 Å². The predicted molar refractivity (Wildman–Crippen MR) is 54.0 cm³/mol. The lowest BCUT2D eigenvalue weighted by molar-refractivity contribution is 0.253. The molecule has 0 aliphatic heterocycles. The van der Waals surface area contributed by atoms with E-state index in [0.717, 1.165) is 24.8 Å². The first-order valence-electron chi connectivity index (χ1n) is 4.23. The summed E-state index contributed by atoms with van der Waals surface area (Å²) in [5, 5.41) is 0.853. The van der Waals surface area contributed by atoms with Gasteiger partial charge in [0, 0.05) is 11.1 Å². The molecule has 4 heteroatoms. The zero-order valence-electron chi connectivity index (χ0n) is 7.06. The Bertz CT molecular complexity index is 334. The van der Waals surface area contributed by atoms with Crippen LogP contribution >= 0.6 is 23.2 Å². The number of pyridine rings is 1. The van der Waals surface area contributed by atoms with E-state index in [2.05, 4.69) is 4.98 Å². The molecule has 0 atom stereocenters. The van der Waals surface area contributed by atoms with Gasteiger partial charge in [-0.15, -0.1) is 0 Å². The minimum atomic E-state index is -0.255. The average molecular weight is 217 g/mol. The van der Waals surface area contributed by atoms with Crippen molar-refractivity contribution >= 4 is 23.2 Å². The highest BCUT2D eigenvalue weighted by Gasteiger charge is 2.36. The summed E-state index contributed by atoms with van der Waals surface area (Å²) in [6.07, 6.45) is 3.13. The maximum atomic E-state index is 6.11. The summed E-state index contributed by atoms with van der Waals surface area (Å²) in [6.45, 7) is 0. The molecule has 0 aromatic carbocycles. The van der Waals surface area contributed by atoms with Crippen molar-refractivity contribution in [3.63, 3.8) is 0 Å². The molecule has 2 rings (SSSR count). The van der Waals surface area contributed by atoms with Crippen molar-refractivity contribution < 1.29 is 0 Å². The van der Waals surface area contributed by atoms with E-state index < -0.39 is 0 Å². The van der Waals surface area contributed by atoms with Gasteiger partial charge in [0.1, 0.15) is 10.3 Å². The fraction of sp³-hybridized carbons (Fsp3) is 0.444. The van der Waals surface area contributed by atoms with Crippen LogP contribution in [0.1, 0.15) is 24.8 Å². The van der Waals surface area contributed by atoms with E-state index in [0.29, 0.717) is 10.3 Å². The lowest BCUT2D eigenvalue weighted by Crippen LogP contribution is -2.43. The molecule has 2 N–H and O–H groups in total. The van der Waals surface area contributed by atoms with Gasteiger partial charge in [-0.2, -0.15) is 0 Å². The van der Waals surface area contributed by atoms with Crippen LogP contribution in [0.3, 0.4) is 0 Å². The second-order valence-electron chi connectivity index (χ2n) is 3.48. The normalized spacial score (nSPS) is 19.6. The Hall–Kier alpha value is -0.310. The number of nitrogens with two attached hydrogens (primary N) is 1. The summed E-state index contributed by atoms with van der Waals surface area (Å²) < 4.78 is 0. The van der Waals surface area contributed by atoms with Crippen molar-refractivity contribution in [1.82, 2.24) is 4.98 Å². The number of hydrogen-bond donors (Lipinski definition) is 1. The molecule has 1 heterocycles. The molecule has 0 spiro atoms. The number of halogens is 2. The van der Waals surface area contributed by atoms with Gasteiger partial charge in [-0.05, 0) is 25.3 Å². The van der Waals surface area contributed by atoms with Gasteiger partial charge in [0.15, 0.2) is 0 Å². The molecule has 2 nitrogen and oxygen atoms in total. The molecule has 0 radical (unpaired) electrons. The zero-order chi connectivity index (χ0) is 9.47. The molecule has 0 bridgehead atoms. The first-order valence-corrected chi connectivity index (χ1v) is 4.99. The van der Waals surface area contributed by atoms with Gasteiger partial charge in [0.05, 0.1) is 0 Å². The van der Waals surface area contributed by atoms with Crippen molar-refractivity contribution in [3.05, 3.63) is 28.0 Å². The Kier molecular flexibility index (Phi) is 2.22. The monoisotopic (exact) mass is 216 g/mol. The van der Waals surface area contributed by atoms with Crippen LogP contribution in [0, 0.1) is 0 Å². The Balaban J connectivity index is 2.40. The summed E-state index contributed by atoms with van der Waals surface area (Å²) in [6, 6.07) is 3.60. The highest BCUT2D eigenvalue weighted by Crippen LogP contribution is 2.41. The molecule has 1 aliphatic rings. The van der Waals surface area contributed by atoms with Gasteiger partial charge in [0.25, 0.3) is 0 Å². The molecule has 0 unspecified atom stereocenters. The molecular formula is C9H10Cl2N2. The number of hydrogen-bond acceptors (Lipinski definition) is 2. The summed E-state index contributed by atoms with van der Waals surface area (Å²) in [5.74, 6) is 0. The van der Waals surface area contributed by atoms with Gasteiger partial charge in [-0.1, -0.05) is 29.3 Å². The predicted octanol–water partition coefficient (Wildman–Crippen LogP) is 2.73. The van der Waals surface area contributed by atoms with Crippen molar-refractivity contribution in [1.29, 1.82) is 0 Å². The van der Waals surface area contributed by atoms with Gasteiger partial charge in [0.2, 0.25) is 0 Å². The van der Waals surface area contributed by atoms with E-state index >= 15 is 0 Å². The first-order chi connectivity index (χ1) is 6.12. The van der Waals surface area contributed by atoms with Gasteiger partial charge in [-0.3, -0.25) is 0 Å². The third kappa shape index (κ3) is 1.54. The largest absolute Gasteiger partial charge is 0.321 e. The van der Waals surface area contributed by atoms with Gasteiger partial charge >= 0.3 is 0 Å². The fourth-order valence-corrected chi connectivity index (χ4v) is 2.14. The SMILES string of the molecule is NC1(c2ccc(Cl)nc2Cl)CCC1. The van der Waals surface area contributed by atoms with E-state index in [-0.39, 0.29) is 5.54 Å². The molecule has 1 aromatic rings. The van der Waals surface area contributed by atoms with Crippen LogP contribution in [0.15, 0.2) is 12.1 Å². The highest BCUT2D eigenvalue weighted by atomic mass is 35.5. The Morgan fingerprint density at radius 1 is 1.31 bits per heavy atom. The molecule has 0 saturated heterocycles. The van der Waals surface area contributed by atoms with Crippen LogP contribution in [-0.2, 0) is 5.54 Å². The Morgan fingerprint density at radius 2 is 2.00 bits per heavy atom. The maximum Gasteiger partial charge on any atom is 0.135 e. The van der Waals surface area contributed by atoms with Crippen molar-refractivity contribution in [2.75, 3.05) is 0 Å². The van der Waals surface area contributed by atoms with Crippen LogP contribution in [-0.4, -0.2) is 4.98 Å². The molecule has 13 heavy (non-hydrogen) atoms. The number of aromatic nitrogens is 1. The van der Waals surface area contributed by atoms with Crippen molar-refractivity contribution in [2.24, 2.45) is 5.73 Å². The van der Waals surface area contributed by atoms with E-state index in [1.165, 1.54) is 0 Å². The molecule has 1 saturated carbocycles. The smallest absolute Gasteiger partial charge is 0.135 e. The quantitative estimate of drug-likeness (QED) is 0.734. The van der Waals surface area contributed by atoms with E-state index in [1.54, 1.807) is 6.07 Å². The van der Waals surface area contributed by atoms with Gasteiger partial charge < -0.3 is 5.73 Å². The number of nitrogens with zero attached hydrogens (tertiary/aromatic N) is 1. The third-order valence-corrected chi connectivity index (χ3v) is 3.10. The minimum Gasteiger partial charge on any atom is -0.321 e. The average Bonchev–Trinajstić information content (AvgIpc) is 2.00. The van der Waals surface area contributed by atoms with Crippen LogP contribution in [0.5, 0.6) is 0 Å². The van der Waals surface area contributed by atoms with Crippen LogP contribution in [0.2, 0.25) is 10.3 Å². The van der Waals surface area contributed by atoms with Crippen LogP contribution < -0.4 is 5.73 Å². The molecule has 1 aliphatic carbocycles. The second-order valence-corrected chi connectivity index (χ2v) is 4.23. The summed E-state index contributed by atoms with van der Waals surface area (Å²) in [5.41, 5.74) is 6.77. The zero-order valence-corrected chi connectivity index (χ0v) is 8.57. The first kappa shape index (κ1) is 9.25. The lowest BCUT2D eigenvalue weighted by Gasteiger charge is -2.38. The Labute approximate surface area is 87.1 Å². The summed E-state index contributed by atoms with van der Waals surface area (Å²) >= 11 is 11.6. The molecular weight excluding hydrogens is 207 g/mol. The number of rotatable bonds is 1. The molecule has 70 valence electrons. The standard InChI is InChI=1S/C9H10Cl2N2/c10-7-3-2-6(8(11)13-7)9(12)4-1-5-9/h2-3H,1,4-5,12H2. The Morgan fingerprint density at radius 3 is 2.46 bits per heavy atom. The molecule has 1 aromatic heterocycles. The second kappa shape index (κ2) is 3.12. The molecule has 0 amide bonds. The summed E-state index contributed by atoms with van der Waals surface area (Å²) in [4.78, 5) is 3.97. The topological polar surface area (TPSA) is 38.9 Å². The fourth-order valence-electron chi connectivity index (χ4n) is 1.61. The van der Waals surface area contributed by atoms with Gasteiger partial charge in [-0.25, -0.2) is 4.98 Å². The minimum absolute atomic E-state index is 0.255. The molecule has 1 fully saturated rings. The van der Waals surface area contributed by atoms with Crippen LogP contribution in [0.25, 0.3) is 0 Å². The van der Waals surface area contributed by atoms with E-state index in [4.69, 9.17) is 28.9 Å². The van der Waals surface area contributed by atoms with Crippen molar-refractivity contribution in [2.45, 2.75) is 24.8 Å². The van der Waals surface area contributed by atoms with Crippen LogP contribution in [0.4, 0.5) is 0 Å². The summed E-state index contributed by atoms with van der Waals surface area (Å²) in [7, 11) is 0. The van der Waals surface area contributed by atoms with E-state index in [9.17, 15) is 0 Å². The maximum absolute atomic E-state index is 6.11.